The Morgan fingerprint density at radius 1 is 1.50 bits per heavy atom. The van der Waals surface area contributed by atoms with Crippen LogP contribution < -0.4 is 10.6 Å². The molecule has 0 radical (unpaired) electrons. The summed E-state index contributed by atoms with van der Waals surface area (Å²) in [5.41, 5.74) is 0. The standard InChI is InChI=1S/C11H18N2O4S/c1-3-18(15,16)8-9(2)13-11(14)12-7-10-5-4-6-17-10/h4-6,9H,3,7-8H2,1-2H3,(H2,12,13,14). The molecular formula is C11H18N2O4S. The number of rotatable bonds is 6. The Kier molecular flexibility index (Phi) is 5.21. The van der Waals surface area contributed by atoms with E-state index in [9.17, 15) is 13.2 Å². The average molecular weight is 274 g/mol. The van der Waals surface area contributed by atoms with Gasteiger partial charge in [0.15, 0.2) is 9.84 Å². The Morgan fingerprint density at radius 2 is 2.22 bits per heavy atom. The highest BCUT2D eigenvalue weighted by Gasteiger charge is 2.15. The monoisotopic (exact) mass is 274 g/mol. The molecule has 0 aliphatic heterocycles. The third-order valence-corrected chi connectivity index (χ3v) is 4.21. The van der Waals surface area contributed by atoms with E-state index in [0.717, 1.165) is 0 Å². The highest BCUT2D eigenvalue weighted by atomic mass is 32.2. The van der Waals surface area contributed by atoms with Gasteiger partial charge in [0, 0.05) is 11.8 Å². The van der Waals surface area contributed by atoms with Crippen LogP contribution in [0.1, 0.15) is 19.6 Å². The normalized spacial score (nSPS) is 13.0. The number of amides is 2. The summed E-state index contributed by atoms with van der Waals surface area (Å²) in [4.78, 5) is 11.5. The molecule has 1 heterocycles. The van der Waals surface area contributed by atoms with Crippen molar-refractivity contribution >= 4 is 15.9 Å². The lowest BCUT2D eigenvalue weighted by Gasteiger charge is -2.13. The van der Waals surface area contributed by atoms with E-state index in [-0.39, 0.29) is 18.1 Å². The second kappa shape index (κ2) is 6.44. The minimum Gasteiger partial charge on any atom is -0.467 e. The van der Waals surface area contributed by atoms with Crippen LogP contribution in [-0.4, -0.2) is 32.0 Å². The van der Waals surface area contributed by atoms with Gasteiger partial charge >= 0.3 is 6.03 Å². The number of carbonyl (C=O) groups excluding carboxylic acids is 1. The second-order valence-corrected chi connectivity index (χ2v) is 6.40. The molecule has 7 heteroatoms. The van der Waals surface area contributed by atoms with E-state index >= 15 is 0 Å². The van der Waals surface area contributed by atoms with Crippen molar-refractivity contribution in [2.45, 2.75) is 26.4 Å². The molecule has 2 N–H and O–H groups in total. The molecule has 0 saturated carbocycles. The van der Waals surface area contributed by atoms with Crippen LogP contribution in [0.4, 0.5) is 4.79 Å². The predicted molar refractivity (Wildman–Crippen MR) is 67.9 cm³/mol. The van der Waals surface area contributed by atoms with E-state index in [1.165, 1.54) is 6.26 Å². The van der Waals surface area contributed by atoms with E-state index in [1.807, 2.05) is 0 Å². The summed E-state index contributed by atoms with van der Waals surface area (Å²) >= 11 is 0. The number of sulfone groups is 1. The first-order chi connectivity index (χ1) is 8.43. The molecule has 6 nitrogen and oxygen atoms in total. The fourth-order valence-corrected chi connectivity index (χ4v) is 2.48. The summed E-state index contributed by atoms with van der Waals surface area (Å²) in [7, 11) is -3.08. The van der Waals surface area contributed by atoms with Gasteiger partial charge in [-0.2, -0.15) is 0 Å². The SMILES string of the molecule is CCS(=O)(=O)CC(C)NC(=O)NCc1ccco1. The van der Waals surface area contributed by atoms with Crippen molar-refractivity contribution in [3.05, 3.63) is 24.2 Å². The van der Waals surface area contributed by atoms with Crippen LogP contribution in [0.3, 0.4) is 0 Å². The number of nitrogens with one attached hydrogen (secondary N) is 2. The lowest BCUT2D eigenvalue weighted by molar-refractivity contribution is 0.237. The smallest absolute Gasteiger partial charge is 0.315 e. The molecule has 1 aromatic heterocycles. The molecule has 1 atom stereocenters. The van der Waals surface area contributed by atoms with Crippen LogP contribution in [0.25, 0.3) is 0 Å². The highest BCUT2D eigenvalue weighted by molar-refractivity contribution is 7.91. The largest absolute Gasteiger partial charge is 0.467 e. The van der Waals surface area contributed by atoms with Gasteiger partial charge in [-0.3, -0.25) is 0 Å². The van der Waals surface area contributed by atoms with Gasteiger partial charge in [0.25, 0.3) is 0 Å². The first-order valence-electron chi connectivity index (χ1n) is 5.70. The van der Waals surface area contributed by atoms with Crippen molar-refractivity contribution in [1.82, 2.24) is 10.6 Å². The van der Waals surface area contributed by atoms with Crippen molar-refractivity contribution < 1.29 is 17.6 Å². The van der Waals surface area contributed by atoms with Gasteiger partial charge < -0.3 is 15.1 Å². The van der Waals surface area contributed by atoms with Crippen LogP contribution in [0.5, 0.6) is 0 Å². The molecule has 0 spiro atoms. The van der Waals surface area contributed by atoms with Gasteiger partial charge in [-0.1, -0.05) is 6.92 Å². The lowest BCUT2D eigenvalue weighted by Crippen LogP contribution is -2.43. The van der Waals surface area contributed by atoms with Gasteiger partial charge in [-0.05, 0) is 19.1 Å². The zero-order valence-electron chi connectivity index (χ0n) is 10.5. The first kappa shape index (κ1) is 14.6. The van der Waals surface area contributed by atoms with E-state index in [1.54, 1.807) is 26.0 Å². The average Bonchev–Trinajstić information content (AvgIpc) is 2.78. The summed E-state index contributed by atoms with van der Waals surface area (Å²) in [5, 5.41) is 5.14. The zero-order valence-corrected chi connectivity index (χ0v) is 11.3. The van der Waals surface area contributed by atoms with Crippen LogP contribution in [0, 0.1) is 0 Å². The Labute approximate surface area is 107 Å². The van der Waals surface area contributed by atoms with Crippen molar-refractivity contribution in [2.75, 3.05) is 11.5 Å². The first-order valence-corrected chi connectivity index (χ1v) is 7.52. The Bertz CT molecular complexity index is 467. The Hall–Kier alpha value is -1.50. The van der Waals surface area contributed by atoms with Gasteiger partial charge in [-0.25, -0.2) is 13.2 Å². The van der Waals surface area contributed by atoms with Gasteiger partial charge in [0.05, 0.1) is 18.6 Å². The highest BCUT2D eigenvalue weighted by Crippen LogP contribution is 1.98. The molecule has 0 aliphatic carbocycles. The molecule has 1 unspecified atom stereocenters. The number of carbonyl (C=O) groups is 1. The molecule has 18 heavy (non-hydrogen) atoms. The summed E-state index contributed by atoms with van der Waals surface area (Å²) in [5.74, 6) is 0.657. The van der Waals surface area contributed by atoms with E-state index in [0.29, 0.717) is 5.76 Å². The lowest BCUT2D eigenvalue weighted by atomic mass is 10.4. The van der Waals surface area contributed by atoms with Crippen molar-refractivity contribution in [1.29, 1.82) is 0 Å². The van der Waals surface area contributed by atoms with Gasteiger partial charge in [0.1, 0.15) is 5.76 Å². The molecule has 0 aliphatic rings. The van der Waals surface area contributed by atoms with Crippen molar-refractivity contribution in [2.24, 2.45) is 0 Å². The van der Waals surface area contributed by atoms with Crippen molar-refractivity contribution in [3.63, 3.8) is 0 Å². The molecule has 1 aromatic rings. The summed E-state index contributed by atoms with van der Waals surface area (Å²) in [6, 6.07) is 2.63. The fourth-order valence-electron chi connectivity index (χ4n) is 1.40. The molecule has 0 saturated heterocycles. The van der Waals surface area contributed by atoms with E-state index < -0.39 is 21.9 Å². The van der Waals surface area contributed by atoms with E-state index in [2.05, 4.69) is 10.6 Å². The minimum absolute atomic E-state index is 0.0579. The Morgan fingerprint density at radius 3 is 2.78 bits per heavy atom. The molecular weight excluding hydrogens is 256 g/mol. The van der Waals surface area contributed by atoms with Crippen molar-refractivity contribution in [3.8, 4) is 0 Å². The molecule has 0 fully saturated rings. The number of furan rings is 1. The van der Waals surface area contributed by atoms with Crippen LogP contribution in [-0.2, 0) is 16.4 Å². The summed E-state index contributed by atoms with van der Waals surface area (Å²) < 4.78 is 27.7. The summed E-state index contributed by atoms with van der Waals surface area (Å²) in [6.07, 6.45) is 1.52. The van der Waals surface area contributed by atoms with Gasteiger partial charge in [0.2, 0.25) is 0 Å². The predicted octanol–water partition coefficient (Wildman–Crippen LogP) is 0.902. The Balaban J connectivity index is 2.31. The minimum atomic E-state index is -3.08. The maximum Gasteiger partial charge on any atom is 0.315 e. The fraction of sp³-hybridized carbons (Fsp3) is 0.545. The van der Waals surface area contributed by atoms with Crippen LogP contribution in [0.15, 0.2) is 22.8 Å². The third-order valence-electron chi connectivity index (χ3n) is 2.32. The topological polar surface area (TPSA) is 88.4 Å². The molecule has 0 aromatic carbocycles. The number of urea groups is 1. The molecule has 102 valence electrons. The second-order valence-electron chi connectivity index (χ2n) is 4.01. The quantitative estimate of drug-likeness (QED) is 0.806. The molecule has 2 amide bonds. The maximum absolute atomic E-state index is 11.5. The maximum atomic E-state index is 11.5. The van der Waals surface area contributed by atoms with Gasteiger partial charge in [-0.15, -0.1) is 0 Å². The molecule has 1 rings (SSSR count). The van der Waals surface area contributed by atoms with Crippen LogP contribution in [0.2, 0.25) is 0 Å². The third kappa shape index (κ3) is 5.22. The summed E-state index contributed by atoms with van der Waals surface area (Å²) in [6.45, 7) is 3.50. The molecule has 0 bridgehead atoms. The van der Waals surface area contributed by atoms with E-state index in [4.69, 9.17) is 4.42 Å². The zero-order chi connectivity index (χ0) is 13.6. The number of hydrogen-bond acceptors (Lipinski definition) is 4. The van der Waals surface area contributed by atoms with Crippen LogP contribution >= 0.6 is 0 Å². The number of hydrogen-bond donors (Lipinski definition) is 2.